The highest BCUT2D eigenvalue weighted by molar-refractivity contribution is 6.45. The summed E-state index contributed by atoms with van der Waals surface area (Å²) in [6, 6.07) is 90.6. The summed E-state index contributed by atoms with van der Waals surface area (Å²) in [7, 11) is 6.98. The average Bonchev–Trinajstić information content (AvgIpc) is 1.43. The SMILES string of the molecule is COc1ccc(-c2c3c(c(-c4ccc(OC)cc4)c4c5ccccc5c5ccccc5c24)-c2ccc4c5ccc6c7c(ccc(c8ccc-3c2c84)c75)-c2c-6c(-c3ccc(OC)cc3)c3c4ccccc4c4ccccc4c3c2-c2ccc(OC)cc2)cc1. The monoisotopic (exact) mass is 1120 g/mol. The van der Waals surface area contributed by atoms with Crippen molar-refractivity contribution in [2.45, 2.75) is 0 Å². The second-order valence-electron chi connectivity index (χ2n) is 23.7. The maximum absolute atomic E-state index is 5.84. The van der Waals surface area contributed by atoms with Crippen LogP contribution >= 0.6 is 0 Å². The maximum atomic E-state index is 5.84. The average molecular weight is 1130 g/mol. The van der Waals surface area contributed by atoms with E-state index in [4.69, 9.17) is 18.9 Å². The zero-order chi connectivity index (χ0) is 58.2. The van der Waals surface area contributed by atoms with E-state index in [-0.39, 0.29) is 0 Å². The van der Waals surface area contributed by atoms with E-state index in [1.807, 2.05) is 0 Å². The topological polar surface area (TPSA) is 36.9 Å². The van der Waals surface area contributed by atoms with Crippen molar-refractivity contribution in [3.8, 4) is 112 Å². The minimum atomic E-state index is 0.826. The second kappa shape index (κ2) is 18.2. The standard InChI is InChI=1S/C84H52O4/c1-85-49-29-21-45(22-30-49)69-77-57-17-9-5-13-53(57)54-14-6-10-18-58(54)78(77)70(46-23-31-50(86-2)32-24-46)82-66-42-38-62-64-40-44-68-76-67(43-39-63(74(64)76)61-37-41-65(81(69)82)75(66)73(61)62)83-71(47-25-33-51(87-3)34-26-47)79-59-19-11-7-15-55(59)56-16-8-12-20-60(56)80(79)72(84(68)83)48-27-35-52(88-4)36-28-48/h5-44H,1-4H3. The molecular weight excluding hydrogens is 1070 g/mol. The lowest BCUT2D eigenvalue weighted by Crippen LogP contribution is -1.96. The van der Waals surface area contributed by atoms with E-state index in [9.17, 15) is 0 Å². The molecule has 0 atom stereocenters. The molecule has 0 fully saturated rings. The van der Waals surface area contributed by atoms with Gasteiger partial charge in [-0.2, -0.15) is 0 Å². The highest BCUT2D eigenvalue weighted by atomic mass is 16.5. The first-order valence-corrected chi connectivity index (χ1v) is 30.2. The quantitative estimate of drug-likeness (QED) is 0.112. The Hall–Kier alpha value is -11.2. The van der Waals surface area contributed by atoms with Gasteiger partial charge in [-0.1, -0.05) is 194 Å². The van der Waals surface area contributed by atoms with Gasteiger partial charge in [0.2, 0.25) is 0 Å². The summed E-state index contributed by atoms with van der Waals surface area (Å²) in [6.45, 7) is 0. The van der Waals surface area contributed by atoms with Crippen molar-refractivity contribution in [2.75, 3.05) is 28.4 Å². The number of fused-ring (bicyclic) bond motifs is 20. The molecule has 2 aliphatic carbocycles. The number of hydrogen-bond donors (Lipinski definition) is 0. The van der Waals surface area contributed by atoms with Crippen molar-refractivity contribution in [3.05, 3.63) is 243 Å². The summed E-state index contributed by atoms with van der Waals surface area (Å²) < 4.78 is 23.4. The predicted molar refractivity (Wildman–Crippen MR) is 370 cm³/mol. The molecule has 0 radical (unpaired) electrons. The van der Waals surface area contributed by atoms with Crippen LogP contribution in [0.15, 0.2) is 243 Å². The third-order valence-corrected chi connectivity index (χ3v) is 19.9. The van der Waals surface area contributed by atoms with Gasteiger partial charge in [-0.3, -0.25) is 0 Å². The van der Waals surface area contributed by atoms with Crippen molar-refractivity contribution in [1.29, 1.82) is 0 Å². The summed E-state index contributed by atoms with van der Waals surface area (Å²) in [6.07, 6.45) is 0. The summed E-state index contributed by atoms with van der Waals surface area (Å²) in [5.74, 6) is 3.30. The van der Waals surface area contributed by atoms with E-state index in [1.165, 1.54) is 174 Å². The Morgan fingerprint density at radius 1 is 0.159 bits per heavy atom. The fourth-order valence-electron chi connectivity index (χ4n) is 16.3. The van der Waals surface area contributed by atoms with Gasteiger partial charge >= 0.3 is 0 Å². The highest BCUT2D eigenvalue weighted by Gasteiger charge is 2.37. The van der Waals surface area contributed by atoms with Crippen molar-refractivity contribution in [1.82, 2.24) is 0 Å². The van der Waals surface area contributed by atoms with Crippen LogP contribution in [-0.2, 0) is 0 Å². The Morgan fingerprint density at radius 3 is 0.557 bits per heavy atom. The molecule has 2 aliphatic rings. The van der Waals surface area contributed by atoms with E-state index < -0.39 is 0 Å². The first-order chi connectivity index (χ1) is 43.5. The molecule has 0 heterocycles. The van der Waals surface area contributed by atoms with Crippen molar-refractivity contribution < 1.29 is 18.9 Å². The highest BCUT2D eigenvalue weighted by Crippen LogP contribution is 2.65. The fourth-order valence-corrected chi connectivity index (χ4v) is 16.3. The fraction of sp³-hybridized carbons (Fsp3) is 0.0476. The Kier molecular flexibility index (Phi) is 10.1. The summed E-state index contributed by atoms with van der Waals surface area (Å²) in [5, 5.41) is 25.0. The molecule has 0 saturated carbocycles. The van der Waals surface area contributed by atoms with Crippen molar-refractivity contribution in [3.63, 3.8) is 0 Å². The van der Waals surface area contributed by atoms with Crippen LogP contribution < -0.4 is 18.9 Å². The lowest BCUT2D eigenvalue weighted by Gasteiger charge is -2.23. The molecule has 0 unspecified atom stereocenters. The van der Waals surface area contributed by atoms with E-state index >= 15 is 0 Å². The van der Waals surface area contributed by atoms with E-state index in [2.05, 4.69) is 243 Å². The first-order valence-electron chi connectivity index (χ1n) is 30.2. The van der Waals surface area contributed by atoms with Crippen LogP contribution in [0.1, 0.15) is 0 Å². The molecule has 0 aromatic heterocycles. The minimum Gasteiger partial charge on any atom is -0.497 e. The van der Waals surface area contributed by atoms with E-state index in [0.29, 0.717) is 0 Å². The van der Waals surface area contributed by atoms with Gasteiger partial charge in [0.1, 0.15) is 23.0 Å². The van der Waals surface area contributed by atoms with Gasteiger partial charge in [-0.15, -0.1) is 0 Å². The largest absolute Gasteiger partial charge is 0.497 e. The molecule has 17 aromatic carbocycles. The number of benzene rings is 17. The molecule has 4 nitrogen and oxygen atoms in total. The lowest BCUT2D eigenvalue weighted by molar-refractivity contribution is 0.415. The van der Waals surface area contributed by atoms with Gasteiger partial charge in [-0.25, -0.2) is 0 Å². The molecule has 412 valence electrons. The second-order valence-corrected chi connectivity index (χ2v) is 23.7. The summed E-state index contributed by atoms with van der Waals surface area (Å²) in [5.41, 5.74) is 19.5. The third kappa shape index (κ3) is 6.37. The Morgan fingerprint density at radius 2 is 0.352 bits per heavy atom. The van der Waals surface area contributed by atoms with Crippen LogP contribution in [-0.4, -0.2) is 28.4 Å². The molecular formula is C84H52O4. The van der Waals surface area contributed by atoms with Crippen molar-refractivity contribution in [2.24, 2.45) is 0 Å². The van der Waals surface area contributed by atoms with Gasteiger partial charge in [0, 0.05) is 0 Å². The van der Waals surface area contributed by atoms with Crippen LogP contribution in [0.2, 0.25) is 0 Å². The summed E-state index contributed by atoms with van der Waals surface area (Å²) in [4.78, 5) is 0. The molecule has 88 heavy (non-hydrogen) atoms. The van der Waals surface area contributed by atoms with Gasteiger partial charge < -0.3 is 18.9 Å². The Bertz CT molecular complexity index is 5200. The van der Waals surface area contributed by atoms with Gasteiger partial charge in [0.15, 0.2) is 0 Å². The smallest absolute Gasteiger partial charge is 0.118 e. The van der Waals surface area contributed by atoms with Gasteiger partial charge in [0.25, 0.3) is 0 Å². The lowest BCUT2D eigenvalue weighted by atomic mass is 9.79. The molecule has 19 rings (SSSR count). The Balaban J connectivity index is 0.967. The maximum Gasteiger partial charge on any atom is 0.118 e. The van der Waals surface area contributed by atoms with Crippen LogP contribution in [0.3, 0.4) is 0 Å². The van der Waals surface area contributed by atoms with Crippen LogP contribution in [0.5, 0.6) is 23.0 Å². The molecule has 0 amide bonds. The molecule has 17 aromatic rings. The van der Waals surface area contributed by atoms with Crippen LogP contribution in [0.25, 0.3) is 197 Å². The number of ether oxygens (including phenoxy) is 4. The Labute approximate surface area is 506 Å². The molecule has 0 N–H and O–H groups in total. The number of methoxy groups -OCH3 is 4. The van der Waals surface area contributed by atoms with E-state index in [0.717, 1.165) is 45.3 Å². The molecule has 0 aliphatic heterocycles. The van der Waals surface area contributed by atoms with E-state index in [1.54, 1.807) is 28.4 Å². The van der Waals surface area contributed by atoms with Gasteiger partial charge in [-0.05, 0) is 245 Å². The molecule has 0 bridgehead atoms. The predicted octanol–water partition coefficient (Wildman–Crippen LogP) is 22.7. The third-order valence-electron chi connectivity index (χ3n) is 19.9. The molecule has 4 heteroatoms. The molecule has 0 saturated heterocycles. The minimum absolute atomic E-state index is 0.826. The molecule has 0 spiro atoms. The summed E-state index contributed by atoms with van der Waals surface area (Å²) >= 11 is 0. The van der Waals surface area contributed by atoms with Gasteiger partial charge in [0.05, 0.1) is 28.4 Å². The number of hydrogen-bond acceptors (Lipinski definition) is 4. The zero-order valence-electron chi connectivity index (χ0n) is 48.7. The van der Waals surface area contributed by atoms with Crippen LogP contribution in [0, 0.1) is 0 Å². The first kappa shape index (κ1) is 49.1. The van der Waals surface area contributed by atoms with Crippen LogP contribution in [0.4, 0.5) is 0 Å². The van der Waals surface area contributed by atoms with Crippen molar-refractivity contribution >= 4 is 108 Å². The number of rotatable bonds is 8. The normalized spacial score (nSPS) is 12.3. The zero-order valence-corrected chi connectivity index (χ0v) is 48.7.